The molecule has 0 aliphatic heterocycles. The number of ether oxygens (including phenoxy) is 1. The fraction of sp³-hybridized carbons (Fsp3) is 0.133. The lowest BCUT2D eigenvalue weighted by Gasteiger charge is -2.17. The van der Waals surface area contributed by atoms with Gasteiger partial charge in [0, 0.05) is 6.20 Å². The molecule has 1 aromatic carbocycles. The van der Waals surface area contributed by atoms with Gasteiger partial charge >= 0.3 is 5.97 Å². The van der Waals surface area contributed by atoms with Gasteiger partial charge in [-0.15, -0.1) is 0 Å². The third kappa shape index (κ3) is 3.58. The lowest BCUT2D eigenvalue weighted by atomic mass is 10.1. The van der Waals surface area contributed by atoms with Gasteiger partial charge in [-0.3, -0.25) is 4.79 Å². The van der Waals surface area contributed by atoms with Crippen LogP contribution in [0.3, 0.4) is 0 Å². The molecule has 0 aliphatic carbocycles. The molecule has 1 atom stereocenters. The van der Waals surface area contributed by atoms with Crippen LogP contribution in [-0.2, 0) is 9.53 Å². The average Bonchev–Trinajstić information content (AvgIpc) is 2.53. The van der Waals surface area contributed by atoms with Crippen LogP contribution in [0.15, 0.2) is 48.7 Å². The Hall–Kier alpha value is -2.40. The normalized spacial score (nSPS) is 11.5. The zero-order valence-electron chi connectivity index (χ0n) is 11.2. The van der Waals surface area contributed by atoms with E-state index >= 15 is 0 Å². The number of nitrogens with one attached hydrogen (secondary N) is 1. The summed E-state index contributed by atoms with van der Waals surface area (Å²) in [5, 5.41) is 2.68. The minimum absolute atomic E-state index is 0.0756. The van der Waals surface area contributed by atoms with Gasteiger partial charge in [0.05, 0.1) is 12.7 Å². The largest absolute Gasteiger partial charge is 0.467 e. The van der Waals surface area contributed by atoms with Crippen LogP contribution in [-0.4, -0.2) is 24.0 Å². The Morgan fingerprint density at radius 2 is 1.90 bits per heavy atom. The highest BCUT2D eigenvalue weighted by atomic mass is 35.5. The molecule has 0 aliphatic rings. The first-order valence-corrected chi connectivity index (χ1v) is 6.55. The summed E-state index contributed by atoms with van der Waals surface area (Å²) in [7, 11) is 1.27. The van der Waals surface area contributed by atoms with Crippen molar-refractivity contribution < 1.29 is 14.3 Å². The summed E-state index contributed by atoms with van der Waals surface area (Å²) in [6.45, 7) is 0. The number of esters is 1. The molecule has 1 heterocycles. The van der Waals surface area contributed by atoms with Crippen molar-refractivity contribution in [2.75, 3.05) is 7.11 Å². The predicted octanol–water partition coefficient (Wildman–Crippen LogP) is 2.38. The second-order valence-corrected chi connectivity index (χ2v) is 4.54. The third-order valence-electron chi connectivity index (χ3n) is 2.85. The number of pyridine rings is 1. The molecule has 2 aromatic rings. The minimum Gasteiger partial charge on any atom is -0.467 e. The molecule has 1 aromatic heterocycles. The first-order valence-electron chi connectivity index (χ1n) is 6.17. The molecular weight excluding hydrogens is 292 g/mol. The standard InChI is InChI=1S/C15H13ClN2O3/c1-21-15(20)12(10-6-3-2-4-7-10)18-14(19)11-8-5-9-17-13(11)16/h2-9,12H,1H3,(H,18,19). The first kappa shape index (κ1) is 15.0. The van der Waals surface area contributed by atoms with Crippen LogP contribution in [0.25, 0.3) is 0 Å². The molecule has 0 radical (unpaired) electrons. The van der Waals surface area contributed by atoms with Crippen LogP contribution >= 0.6 is 11.6 Å². The van der Waals surface area contributed by atoms with Crippen LogP contribution in [0.5, 0.6) is 0 Å². The molecule has 5 nitrogen and oxygen atoms in total. The van der Waals surface area contributed by atoms with E-state index in [9.17, 15) is 9.59 Å². The molecule has 1 N–H and O–H groups in total. The maximum absolute atomic E-state index is 12.2. The molecule has 0 saturated heterocycles. The van der Waals surface area contributed by atoms with Crippen molar-refractivity contribution in [3.05, 3.63) is 64.9 Å². The second kappa shape index (κ2) is 6.85. The SMILES string of the molecule is COC(=O)C(NC(=O)c1cccnc1Cl)c1ccccc1. The number of nitrogens with zero attached hydrogens (tertiary/aromatic N) is 1. The zero-order valence-corrected chi connectivity index (χ0v) is 12.0. The van der Waals surface area contributed by atoms with Crippen LogP contribution in [0.1, 0.15) is 22.0 Å². The molecule has 108 valence electrons. The average molecular weight is 305 g/mol. The van der Waals surface area contributed by atoms with Crippen molar-refractivity contribution in [1.82, 2.24) is 10.3 Å². The number of hydrogen-bond acceptors (Lipinski definition) is 4. The molecule has 21 heavy (non-hydrogen) atoms. The molecule has 0 fully saturated rings. The Bertz CT molecular complexity index is 646. The summed E-state index contributed by atoms with van der Waals surface area (Å²) in [6, 6.07) is 11.0. The fourth-order valence-electron chi connectivity index (χ4n) is 1.81. The fourth-order valence-corrected chi connectivity index (χ4v) is 2.01. The number of halogens is 1. The van der Waals surface area contributed by atoms with Gasteiger partial charge < -0.3 is 10.1 Å². The number of amides is 1. The van der Waals surface area contributed by atoms with Gasteiger partial charge in [0.25, 0.3) is 5.91 Å². The van der Waals surface area contributed by atoms with Gasteiger partial charge in [0.2, 0.25) is 0 Å². The summed E-state index contributed by atoms with van der Waals surface area (Å²) in [5.41, 5.74) is 0.821. The summed E-state index contributed by atoms with van der Waals surface area (Å²) >= 11 is 5.87. The number of rotatable bonds is 4. The van der Waals surface area contributed by atoms with E-state index in [2.05, 4.69) is 10.3 Å². The van der Waals surface area contributed by atoms with Crippen LogP contribution in [0.4, 0.5) is 0 Å². The number of methoxy groups -OCH3 is 1. The second-order valence-electron chi connectivity index (χ2n) is 4.18. The third-order valence-corrected chi connectivity index (χ3v) is 3.15. The molecule has 0 spiro atoms. The Balaban J connectivity index is 2.26. The summed E-state index contributed by atoms with van der Waals surface area (Å²) in [5.74, 6) is -1.05. The van der Waals surface area contributed by atoms with Gasteiger partial charge in [0.15, 0.2) is 6.04 Å². The Kier molecular flexibility index (Phi) is 4.90. The van der Waals surface area contributed by atoms with Crippen LogP contribution in [0, 0.1) is 0 Å². The molecule has 2 rings (SSSR count). The molecule has 0 saturated carbocycles. The zero-order chi connectivity index (χ0) is 15.2. The van der Waals surface area contributed by atoms with Crippen molar-refractivity contribution >= 4 is 23.5 Å². The highest BCUT2D eigenvalue weighted by Gasteiger charge is 2.24. The van der Waals surface area contributed by atoms with E-state index in [1.807, 2.05) is 6.07 Å². The molecule has 6 heteroatoms. The van der Waals surface area contributed by atoms with E-state index < -0.39 is 17.9 Å². The van der Waals surface area contributed by atoms with Gasteiger partial charge in [-0.05, 0) is 17.7 Å². The van der Waals surface area contributed by atoms with Crippen molar-refractivity contribution in [2.24, 2.45) is 0 Å². The first-order chi connectivity index (χ1) is 10.1. The molecule has 1 amide bonds. The minimum atomic E-state index is -0.903. The van der Waals surface area contributed by atoms with E-state index in [0.717, 1.165) is 0 Å². The Morgan fingerprint density at radius 3 is 2.52 bits per heavy atom. The Labute approximate surface area is 126 Å². The summed E-state index contributed by atoms with van der Waals surface area (Å²) < 4.78 is 4.73. The monoisotopic (exact) mass is 304 g/mol. The number of carbonyl (C=O) groups excluding carboxylic acids is 2. The van der Waals surface area contributed by atoms with Crippen molar-refractivity contribution in [3.63, 3.8) is 0 Å². The number of carbonyl (C=O) groups is 2. The lowest BCUT2D eigenvalue weighted by Crippen LogP contribution is -2.34. The van der Waals surface area contributed by atoms with Gasteiger partial charge in [-0.25, -0.2) is 9.78 Å². The van der Waals surface area contributed by atoms with Crippen LogP contribution < -0.4 is 5.32 Å². The topological polar surface area (TPSA) is 68.3 Å². The highest BCUT2D eigenvalue weighted by Crippen LogP contribution is 2.17. The number of hydrogen-bond donors (Lipinski definition) is 1. The quantitative estimate of drug-likeness (QED) is 0.695. The lowest BCUT2D eigenvalue weighted by molar-refractivity contribution is -0.143. The van der Waals surface area contributed by atoms with E-state index in [0.29, 0.717) is 5.56 Å². The molecule has 0 bridgehead atoms. The summed E-state index contributed by atoms with van der Waals surface area (Å²) in [4.78, 5) is 27.9. The van der Waals surface area contributed by atoms with Crippen LogP contribution in [0.2, 0.25) is 5.15 Å². The van der Waals surface area contributed by atoms with Crippen molar-refractivity contribution in [2.45, 2.75) is 6.04 Å². The number of benzene rings is 1. The van der Waals surface area contributed by atoms with Gasteiger partial charge in [-0.2, -0.15) is 0 Å². The van der Waals surface area contributed by atoms with Crippen molar-refractivity contribution in [1.29, 1.82) is 0 Å². The molecule has 1 unspecified atom stereocenters. The van der Waals surface area contributed by atoms with E-state index in [4.69, 9.17) is 16.3 Å². The van der Waals surface area contributed by atoms with E-state index in [1.54, 1.807) is 30.3 Å². The smallest absolute Gasteiger partial charge is 0.333 e. The maximum Gasteiger partial charge on any atom is 0.333 e. The van der Waals surface area contributed by atoms with E-state index in [-0.39, 0.29) is 10.7 Å². The van der Waals surface area contributed by atoms with E-state index in [1.165, 1.54) is 19.4 Å². The predicted molar refractivity (Wildman–Crippen MR) is 77.9 cm³/mol. The van der Waals surface area contributed by atoms with Gasteiger partial charge in [0.1, 0.15) is 5.15 Å². The van der Waals surface area contributed by atoms with Crippen molar-refractivity contribution in [3.8, 4) is 0 Å². The maximum atomic E-state index is 12.2. The number of aromatic nitrogens is 1. The Morgan fingerprint density at radius 1 is 1.19 bits per heavy atom. The summed E-state index contributed by atoms with van der Waals surface area (Å²) in [6.07, 6.45) is 1.48. The molecular formula is C15H13ClN2O3. The van der Waals surface area contributed by atoms with Gasteiger partial charge in [-0.1, -0.05) is 41.9 Å². The highest BCUT2D eigenvalue weighted by molar-refractivity contribution is 6.32.